The normalized spacial score (nSPS) is 12.3. The molecule has 138 valence electrons. The second kappa shape index (κ2) is 8.57. The first-order valence-electron chi connectivity index (χ1n) is 7.82. The van der Waals surface area contributed by atoms with Gasteiger partial charge in [-0.1, -0.05) is 30.3 Å². The summed E-state index contributed by atoms with van der Waals surface area (Å²) in [5.74, 6) is -2.88. The van der Waals surface area contributed by atoms with Crippen molar-refractivity contribution in [2.75, 3.05) is 5.75 Å². The molecular weight excluding hydrogens is 361 g/mol. The van der Waals surface area contributed by atoms with Crippen LogP contribution >= 0.6 is 0 Å². The number of hydrogen-bond donors (Lipinski definition) is 2. The second-order valence-corrected chi connectivity index (χ2v) is 7.79. The standard InChI is InChI=1S/C18H18FNO5S/c19-14-6-4-5-13(11-14)12-17(21)20-16(18(22)23)9-10-26(24,25)15-7-2-1-3-8-15/h1-8,11,16H,9-10,12H2,(H,20,21)(H,22,23)/t16-/m0/s1. The average molecular weight is 379 g/mol. The van der Waals surface area contributed by atoms with Gasteiger partial charge < -0.3 is 10.4 Å². The van der Waals surface area contributed by atoms with Gasteiger partial charge in [-0.05, 0) is 36.2 Å². The van der Waals surface area contributed by atoms with E-state index in [-0.39, 0.29) is 17.7 Å². The Kier molecular flexibility index (Phi) is 6.46. The van der Waals surface area contributed by atoms with Crippen LogP contribution in [0.2, 0.25) is 0 Å². The molecule has 0 aliphatic heterocycles. The minimum Gasteiger partial charge on any atom is -0.480 e. The molecule has 0 aromatic heterocycles. The summed E-state index contributed by atoms with van der Waals surface area (Å²) in [6, 6.07) is 11.7. The van der Waals surface area contributed by atoms with Crippen LogP contribution in [-0.2, 0) is 25.8 Å². The zero-order valence-electron chi connectivity index (χ0n) is 13.8. The van der Waals surface area contributed by atoms with Crippen LogP contribution in [0.25, 0.3) is 0 Å². The first-order chi connectivity index (χ1) is 12.3. The minimum absolute atomic E-state index is 0.0928. The summed E-state index contributed by atoms with van der Waals surface area (Å²) in [7, 11) is -3.65. The maximum absolute atomic E-state index is 13.1. The summed E-state index contributed by atoms with van der Waals surface area (Å²) < 4.78 is 37.6. The Balaban J connectivity index is 1.98. The van der Waals surface area contributed by atoms with Gasteiger partial charge in [-0.3, -0.25) is 4.79 Å². The molecule has 0 bridgehead atoms. The summed E-state index contributed by atoms with van der Waals surface area (Å²) in [5, 5.41) is 11.5. The molecule has 2 aromatic carbocycles. The molecule has 0 fully saturated rings. The molecule has 2 rings (SSSR count). The highest BCUT2D eigenvalue weighted by Gasteiger charge is 2.24. The van der Waals surface area contributed by atoms with Crippen molar-refractivity contribution < 1.29 is 27.5 Å². The Morgan fingerprint density at radius 2 is 1.77 bits per heavy atom. The molecule has 0 unspecified atom stereocenters. The largest absolute Gasteiger partial charge is 0.480 e. The number of amides is 1. The van der Waals surface area contributed by atoms with Gasteiger partial charge >= 0.3 is 5.97 Å². The molecule has 0 saturated carbocycles. The minimum atomic E-state index is -3.65. The molecular formula is C18H18FNO5S. The van der Waals surface area contributed by atoms with Gasteiger partial charge in [0.1, 0.15) is 11.9 Å². The number of sulfone groups is 1. The number of aliphatic carboxylic acids is 1. The predicted octanol–water partition coefficient (Wildman–Crippen LogP) is 1.80. The van der Waals surface area contributed by atoms with E-state index in [1.165, 1.54) is 36.4 Å². The third-order valence-corrected chi connectivity index (χ3v) is 5.43. The molecule has 2 aromatic rings. The monoisotopic (exact) mass is 379 g/mol. The van der Waals surface area contributed by atoms with Crippen LogP contribution in [0.5, 0.6) is 0 Å². The van der Waals surface area contributed by atoms with E-state index >= 15 is 0 Å². The zero-order chi connectivity index (χ0) is 19.2. The lowest BCUT2D eigenvalue weighted by Gasteiger charge is -2.15. The maximum Gasteiger partial charge on any atom is 0.326 e. The van der Waals surface area contributed by atoms with Crippen molar-refractivity contribution in [3.05, 3.63) is 66.0 Å². The summed E-state index contributed by atoms with van der Waals surface area (Å²) in [4.78, 5) is 23.4. The van der Waals surface area contributed by atoms with E-state index in [2.05, 4.69) is 5.32 Å². The summed E-state index contributed by atoms with van der Waals surface area (Å²) in [6.45, 7) is 0. The first-order valence-corrected chi connectivity index (χ1v) is 9.47. The van der Waals surface area contributed by atoms with E-state index in [1.807, 2.05) is 0 Å². The quantitative estimate of drug-likeness (QED) is 0.728. The summed E-state index contributed by atoms with van der Waals surface area (Å²) in [5.41, 5.74) is 0.392. The van der Waals surface area contributed by atoms with Crippen molar-refractivity contribution in [2.24, 2.45) is 0 Å². The van der Waals surface area contributed by atoms with Gasteiger partial charge in [0.25, 0.3) is 0 Å². The number of rotatable bonds is 8. The molecule has 0 aliphatic carbocycles. The van der Waals surface area contributed by atoms with Crippen molar-refractivity contribution in [3.8, 4) is 0 Å². The van der Waals surface area contributed by atoms with E-state index < -0.39 is 39.3 Å². The maximum atomic E-state index is 13.1. The molecule has 0 radical (unpaired) electrons. The van der Waals surface area contributed by atoms with Crippen LogP contribution in [0.1, 0.15) is 12.0 Å². The fraction of sp³-hybridized carbons (Fsp3) is 0.222. The Morgan fingerprint density at radius 1 is 1.08 bits per heavy atom. The Bertz CT molecular complexity index is 883. The van der Waals surface area contributed by atoms with E-state index in [0.29, 0.717) is 5.56 Å². The Morgan fingerprint density at radius 3 is 2.38 bits per heavy atom. The van der Waals surface area contributed by atoms with Gasteiger partial charge in [0.2, 0.25) is 5.91 Å². The lowest BCUT2D eigenvalue weighted by atomic mass is 10.1. The second-order valence-electron chi connectivity index (χ2n) is 5.69. The summed E-state index contributed by atoms with van der Waals surface area (Å²) in [6.07, 6.45) is -0.478. The average Bonchev–Trinajstić information content (AvgIpc) is 2.59. The van der Waals surface area contributed by atoms with Crippen molar-refractivity contribution in [1.29, 1.82) is 0 Å². The number of carbonyl (C=O) groups is 2. The van der Waals surface area contributed by atoms with E-state index in [0.717, 1.165) is 0 Å². The predicted molar refractivity (Wildman–Crippen MR) is 92.8 cm³/mol. The van der Waals surface area contributed by atoms with Crippen LogP contribution in [0.4, 0.5) is 4.39 Å². The number of benzene rings is 2. The van der Waals surface area contributed by atoms with Crippen LogP contribution in [0, 0.1) is 5.82 Å². The van der Waals surface area contributed by atoms with Crippen LogP contribution in [0.3, 0.4) is 0 Å². The van der Waals surface area contributed by atoms with Crippen LogP contribution < -0.4 is 5.32 Å². The number of hydrogen-bond acceptors (Lipinski definition) is 4. The van der Waals surface area contributed by atoms with Gasteiger partial charge in [-0.15, -0.1) is 0 Å². The molecule has 0 aliphatic rings. The molecule has 2 N–H and O–H groups in total. The molecule has 8 heteroatoms. The SMILES string of the molecule is O=C(Cc1cccc(F)c1)N[C@@H](CCS(=O)(=O)c1ccccc1)C(=O)O. The molecule has 0 spiro atoms. The van der Waals surface area contributed by atoms with Crippen molar-refractivity contribution >= 4 is 21.7 Å². The van der Waals surface area contributed by atoms with Gasteiger partial charge in [0.05, 0.1) is 17.1 Å². The number of nitrogens with one attached hydrogen (secondary N) is 1. The molecule has 6 nitrogen and oxygen atoms in total. The van der Waals surface area contributed by atoms with Gasteiger partial charge in [-0.25, -0.2) is 17.6 Å². The summed E-state index contributed by atoms with van der Waals surface area (Å²) >= 11 is 0. The zero-order valence-corrected chi connectivity index (χ0v) is 14.6. The topological polar surface area (TPSA) is 101 Å². The third kappa shape index (κ3) is 5.66. The number of carboxylic acids is 1. The fourth-order valence-electron chi connectivity index (χ4n) is 2.35. The highest BCUT2D eigenvalue weighted by Crippen LogP contribution is 2.12. The Labute approximate surface area is 150 Å². The van der Waals surface area contributed by atoms with E-state index in [9.17, 15) is 27.5 Å². The third-order valence-electron chi connectivity index (χ3n) is 3.66. The lowest BCUT2D eigenvalue weighted by Crippen LogP contribution is -2.42. The van der Waals surface area contributed by atoms with E-state index in [4.69, 9.17) is 0 Å². The van der Waals surface area contributed by atoms with Crippen LogP contribution in [0.15, 0.2) is 59.5 Å². The number of carboxylic acid groups (broad SMARTS) is 1. The highest BCUT2D eigenvalue weighted by molar-refractivity contribution is 7.91. The smallest absolute Gasteiger partial charge is 0.326 e. The fourth-order valence-corrected chi connectivity index (χ4v) is 3.71. The highest BCUT2D eigenvalue weighted by atomic mass is 32.2. The van der Waals surface area contributed by atoms with Gasteiger partial charge in [0.15, 0.2) is 9.84 Å². The van der Waals surface area contributed by atoms with Crippen molar-refractivity contribution in [3.63, 3.8) is 0 Å². The van der Waals surface area contributed by atoms with Gasteiger partial charge in [0, 0.05) is 0 Å². The first kappa shape index (κ1) is 19.6. The van der Waals surface area contributed by atoms with Crippen LogP contribution in [-0.4, -0.2) is 37.2 Å². The number of halogens is 1. The number of carbonyl (C=O) groups excluding carboxylic acids is 1. The Hall–Kier alpha value is -2.74. The van der Waals surface area contributed by atoms with Crippen molar-refractivity contribution in [2.45, 2.75) is 23.8 Å². The lowest BCUT2D eigenvalue weighted by molar-refractivity contribution is -0.141. The van der Waals surface area contributed by atoms with E-state index in [1.54, 1.807) is 18.2 Å². The molecule has 1 amide bonds. The molecule has 0 saturated heterocycles. The molecule has 26 heavy (non-hydrogen) atoms. The molecule has 1 atom stereocenters. The van der Waals surface area contributed by atoms with Gasteiger partial charge in [-0.2, -0.15) is 0 Å². The molecule has 0 heterocycles. The van der Waals surface area contributed by atoms with Crippen molar-refractivity contribution in [1.82, 2.24) is 5.32 Å².